The van der Waals surface area contributed by atoms with Crippen LogP contribution in [0.3, 0.4) is 0 Å². The van der Waals surface area contributed by atoms with Crippen LogP contribution in [-0.4, -0.2) is 13.4 Å². The summed E-state index contributed by atoms with van der Waals surface area (Å²) in [6.07, 6.45) is 3.00. The van der Waals surface area contributed by atoms with Crippen molar-refractivity contribution in [1.82, 2.24) is 4.98 Å². The lowest BCUT2D eigenvalue weighted by Gasteiger charge is -2.08. The van der Waals surface area contributed by atoms with E-state index >= 15 is 0 Å². The second kappa shape index (κ2) is 4.95. The molecule has 0 amide bonds. The molecule has 0 aliphatic rings. The molecular formula is C11H10BrN3O2S. The summed E-state index contributed by atoms with van der Waals surface area (Å²) in [7, 11) is -3.61. The maximum atomic E-state index is 12.0. The molecule has 0 saturated carbocycles. The van der Waals surface area contributed by atoms with Crippen LogP contribution in [0.5, 0.6) is 0 Å². The molecule has 18 heavy (non-hydrogen) atoms. The zero-order chi connectivity index (χ0) is 13.2. The molecule has 1 aromatic carbocycles. The molecule has 0 atom stereocenters. The van der Waals surface area contributed by atoms with Gasteiger partial charge in [-0.25, -0.2) is 8.42 Å². The van der Waals surface area contributed by atoms with E-state index in [1.807, 2.05) is 0 Å². The molecule has 0 aliphatic carbocycles. The van der Waals surface area contributed by atoms with Crippen LogP contribution in [0.15, 0.2) is 52.1 Å². The zero-order valence-electron chi connectivity index (χ0n) is 9.17. The first-order valence-corrected chi connectivity index (χ1v) is 7.24. The van der Waals surface area contributed by atoms with Crippen LogP contribution in [0, 0.1) is 0 Å². The van der Waals surface area contributed by atoms with Crippen molar-refractivity contribution in [3.63, 3.8) is 0 Å². The minimum atomic E-state index is -3.61. The third kappa shape index (κ3) is 2.99. The number of nitrogens with zero attached hydrogens (tertiary/aromatic N) is 1. The number of nitrogens with one attached hydrogen (secondary N) is 1. The average Bonchev–Trinajstić information content (AvgIpc) is 2.29. The number of anilines is 2. The highest BCUT2D eigenvalue weighted by Crippen LogP contribution is 2.19. The van der Waals surface area contributed by atoms with Gasteiger partial charge in [-0.1, -0.05) is 0 Å². The van der Waals surface area contributed by atoms with Crippen LogP contribution in [0.25, 0.3) is 0 Å². The van der Waals surface area contributed by atoms with Crippen LogP contribution in [0.1, 0.15) is 0 Å². The lowest BCUT2D eigenvalue weighted by molar-refractivity contribution is 0.601. The first kappa shape index (κ1) is 12.8. The summed E-state index contributed by atoms with van der Waals surface area (Å²) in [5.41, 5.74) is 6.41. The Kier molecular flexibility index (Phi) is 3.53. The molecule has 0 saturated heterocycles. The van der Waals surface area contributed by atoms with Crippen LogP contribution in [-0.2, 0) is 10.0 Å². The Labute approximate surface area is 113 Å². The number of sulfonamides is 1. The molecule has 0 unspecified atom stereocenters. The molecule has 0 spiro atoms. The minimum absolute atomic E-state index is 0.150. The van der Waals surface area contributed by atoms with Gasteiger partial charge < -0.3 is 5.73 Å². The lowest BCUT2D eigenvalue weighted by atomic mass is 10.3. The van der Waals surface area contributed by atoms with Gasteiger partial charge in [0, 0.05) is 16.4 Å². The summed E-state index contributed by atoms with van der Waals surface area (Å²) in [4.78, 5) is 4.03. The monoisotopic (exact) mass is 327 g/mol. The van der Waals surface area contributed by atoms with E-state index in [1.165, 1.54) is 30.5 Å². The molecule has 5 nitrogen and oxygen atoms in total. The van der Waals surface area contributed by atoms with Gasteiger partial charge in [0.2, 0.25) is 0 Å². The van der Waals surface area contributed by atoms with Gasteiger partial charge in [-0.15, -0.1) is 0 Å². The summed E-state index contributed by atoms with van der Waals surface area (Å²) in [5.74, 6) is 0. The van der Waals surface area contributed by atoms with Crippen molar-refractivity contribution >= 4 is 37.3 Å². The average molecular weight is 328 g/mol. The second-order valence-electron chi connectivity index (χ2n) is 3.57. The predicted molar refractivity (Wildman–Crippen MR) is 73.6 cm³/mol. The normalized spacial score (nSPS) is 11.2. The van der Waals surface area contributed by atoms with Gasteiger partial charge in [-0.3, -0.25) is 9.71 Å². The Morgan fingerprint density at radius 1 is 1.17 bits per heavy atom. The highest BCUT2D eigenvalue weighted by Gasteiger charge is 2.13. The number of hydrogen-bond donors (Lipinski definition) is 2. The van der Waals surface area contributed by atoms with Crippen molar-refractivity contribution in [2.45, 2.75) is 4.90 Å². The van der Waals surface area contributed by atoms with E-state index in [-0.39, 0.29) is 4.90 Å². The van der Waals surface area contributed by atoms with E-state index in [4.69, 9.17) is 5.73 Å². The number of halogens is 1. The van der Waals surface area contributed by atoms with Gasteiger partial charge in [-0.2, -0.15) is 0 Å². The van der Waals surface area contributed by atoms with Gasteiger partial charge in [0.05, 0.1) is 16.8 Å². The third-order valence-corrected chi connectivity index (χ3v) is 3.98. The molecule has 1 aromatic heterocycles. The summed E-state index contributed by atoms with van der Waals surface area (Å²) >= 11 is 3.22. The van der Waals surface area contributed by atoms with E-state index in [2.05, 4.69) is 25.6 Å². The van der Waals surface area contributed by atoms with Gasteiger partial charge >= 0.3 is 0 Å². The number of nitrogens with two attached hydrogens (primary N) is 1. The predicted octanol–water partition coefficient (Wildman–Crippen LogP) is 2.23. The first-order valence-electron chi connectivity index (χ1n) is 4.96. The highest BCUT2D eigenvalue weighted by atomic mass is 79.9. The fourth-order valence-corrected chi connectivity index (χ4v) is 2.73. The molecule has 0 aliphatic heterocycles. The fraction of sp³-hybridized carbons (Fsp3) is 0. The smallest absolute Gasteiger partial charge is 0.261 e. The first-order chi connectivity index (χ1) is 8.47. The van der Waals surface area contributed by atoms with E-state index in [9.17, 15) is 8.42 Å². The molecule has 0 bridgehead atoms. The molecule has 2 aromatic rings. The van der Waals surface area contributed by atoms with Crippen LogP contribution >= 0.6 is 15.9 Å². The summed E-state index contributed by atoms with van der Waals surface area (Å²) < 4.78 is 27.2. The third-order valence-electron chi connectivity index (χ3n) is 2.15. The van der Waals surface area contributed by atoms with Crippen molar-refractivity contribution in [1.29, 1.82) is 0 Å². The quantitative estimate of drug-likeness (QED) is 0.846. The molecule has 3 N–H and O–H groups in total. The number of aromatic nitrogens is 1. The molecule has 0 fully saturated rings. The standard InChI is InChI=1S/C11H10BrN3O2S/c12-8-5-10(7-14-6-8)15-18(16,17)11-3-1-9(13)2-4-11/h1-7,15H,13H2. The van der Waals surface area contributed by atoms with Crippen molar-refractivity contribution in [3.8, 4) is 0 Å². The topological polar surface area (TPSA) is 85.1 Å². The number of hydrogen-bond acceptors (Lipinski definition) is 4. The van der Waals surface area contributed by atoms with Gasteiger partial charge in [0.15, 0.2) is 0 Å². The maximum absolute atomic E-state index is 12.0. The van der Waals surface area contributed by atoms with E-state index in [0.717, 1.165) is 0 Å². The molecule has 94 valence electrons. The van der Waals surface area contributed by atoms with E-state index < -0.39 is 10.0 Å². The SMILES string of the molecule is Nc1ccc(S(=O)(=O)Nc2cncc(Br)c2)cc1. The van der Waals surface area contributed by atoms with Crippen molar-refractivity contribution < 1.29 is 8.42 Å². The van der Waals surface area contributed by atoms with Crippen LogP contribution < -0.4 is 10.5 Å². The van der Waals surface area contributed by atoms with Gasteiger partial charge in [0.25, 0.3) is 10.0 Å². The molecule has 0 radical (unpaired) electrons. The number of nitrogen functional groups attached to an aromatic ring is 1. The number of rotatable bonds is 3. The summed E-state index contributed by atoms with van der Waals surface area (Å²) in [5, 5.41) is 0. The second-order valence-corrected chi connectivity index (χ2v) is 6.16. The number of pyridine rings is 1. The van der Waals surface area contributed by atoms with Gasteiger partial charge in [-0.05, 0) is 46.3 Å². The summed E-state index contributed by atoms with van der Waals surface area (Å²) in [6, 6.07) is 7.59. The van der Waals surface area contributed by atoms with E-state index in [0.29, 0.717) is 15.8 Å². The molecular weight excluding hydrogens is 318 g/mol. The van der Waals surface area contributed by atoms with Crippen molar-refractivity contribution in [3.05, 3.63) is 47.2 Å². The van der Waals surface area contributed by atoms with Crippen molar-refractivity contribution in [2.24, 2.45) is 0 Å². The molecule has 1 heterocycles. The Hall–Kier alpha value is -1.60. The number of benzene rings is 1. The maximum Gasteiger partial charge on any atom is 0.261 e. The van der Waals surface area contributed by atoms with Gasteiger partial charge in [0.1, 0.15) is 0 Å². The highest BCUT2D eigenvalue weighted by molar-refractivity contribution is 9.10. The Bertz CT molecular complexity index is 656. The lowest BCUT2D eigenvalue weighted by Crippen LogP contribution is -2.13. The van der Waals surface area contributed by atoms with E-state index in [1.54, 1.807) is 12.3 Å². The van der Waals surface area contributed by atoms with Crippen molar-refractivity contribution in [2.75, 3.05) is 10.5 Å². The summed E-state index contributed by atoms with van der Waals surface area (Å²) in [6.45, 7) is 0. The Balaban J connectivity index is 2.30. The zero-order valence-corrected chi connectivity index (χ0v) is 11.6. The fourth-order valence-electron chi connectivity index (χ4n) is 1.33. The Morgan fingerprint density at radius 3 is 2.44 bits per heavy atom. The molecule has 2 rings (SSSR count). The Morgan fingerprint density at radius 2 is 1.83 bits per heavy atom. The minimum Gasteiger partial charge on any atom is -0.399 e. The largest absolute Gasteiger partial charge is 0.399 e. The van der Waals surface area contributed by atoms with Crippen LogP contribution in [0.4, 0.5) is 11.4 Å². The molecule has 7 heteroatoms. The van der Waals surface area contributed by atoms with Crippen LogP contribution in [0.2, 0.25) is 0 Å².